The Morgan fingerprint density at radius 1 is 1.56 bits per heavy atom. The number of likely N-dealkylation sites (N-methyl/N-ethyl adjacent to an activating group) is 1. The molecule has 1 unspecified atom stereocenters. The number of hydrogen-bond donors (Lipinski definition) is 0. The van der Waals surface area contributed by atoms with Gasteiger partial charge in [0, 0.05) is 25.3 Å². The molecule has 1 aromatic rings. The first-order valence-corrected chi connectivity index (χ1v) is 6.43. The van der Waals surface area contributed by atoms with Gasteiger partial charge in [-0.15, -0.1) is 0 Å². The van der Waals surface area contributed by atoms with Gasteiger partial charge >= 0.3 is 0 Å². The normalized spacial score (nSPS) is 20.2. The molecule has 18 heavy (non-hydrogen) atoms. The molecule has 0 spiro atoms. The van der Waals surface area contributed by atoms with E-state index in [0.717, 1.165) is 19.6 Å². The van der Waals surface area contributed by atoms with Crippen LogP contribution in [0.25, 0.3) is 0 Å². The van der Waals surface area contributed by atoms with Crippen molar-refractivity contribution in [3.8, 4) is 6.07 Å². The van der Waals surface area contributed by atoms with Crippen molar-refractivity contribution in [2.75, 3.05) is 27.2 Å². The van der Waals surface area contributed by atoms with Crippen molar-refractivity contribution in [3.63, 3.8) is 0 Å². The number of nitrogens with zero attached hydrogens (tertiary/aromatic N) is 4. The van der Waals surface area contributed by atoms with E-state index < -0.39 is 0 Å². The molecule has 1 fully saturated rings. The van der Waals surface area contributed by atoms with Crippen molar-refractivity contribution < 1.29 is 0 Å². The zero-order valence-corrected chi connectivity index (χ0v) is 11.1. The summed E-state index contributed by atoms with van der Waals surface area (Å²) in [5.74, 6) is 0. The fourth-order valence-corrected chi connectivity index (χ4v) is 2.60. The van der Waals surface area contributed by atoms with Crippen molar-refractivity contribution in [2.45, 2.75) is 25.4 Å². The molecule has 0 N–H and O–H groups in total. The van der Waals surface area contributed by atoms with Crippen LogP contribution in [0.1, 0.15) is 24.1 Å². The van der Waals surface area contributed by atoms with Crippen molar-refractivity contribution in [2.24, 2.45) is 0 Å². The fourth-order valence-electron chi connectivity index (χ4n) is 2.60. The Bertz CT molecular complexity index is 436. The topological polar surface area (TPSA) is 43.2 Å². The minimum Gasteiger partial charge on any atom is -0.308 e. The number of pyridine rings is 1. The predicted octanol–water partition coefficient (Wildman–Crippen LogP) is 1.48. The van der Waals surface area contributed by atoms with Gasteiger partial charge in [0.15, 0.2) is 0 Å². The molecule has 1 aliphatic heterocycles. The van der Waals surface area contributed by atoms with E-state index in [-0.39, 0.29) is 0 Å². The van der Waals surface area contributed by atoms with Crippen LogP contribution in [0.2, 0.25) is 0 Å². The monoisotopic (exact) mass is 244 g/mol. The lowest BCUT2D eigenvalue weighted by Gasteiger charge is -2.27. The second kappa shape index (κ2) is 5.94. The van der Waals surface area contributed by atoms with E-state index in [1.165, 1.54) is 18.4 Å². The Balaban J connectivity index is 2.01. The molecule has 0 amide bonds. The Hall–Kier alpha value is -1.44. The van der Waals surface area contributed by atoms with Gasteiger partial charge in [-0.2, -0.15) is 5.26 Å². The minimum atomic E-state index is 0.510. The number of aromatic nitrogens is 1. The lowest BCUT2D eigenvalue weighted by molar-refractivity contribution is 0.201. The zero-order valence-electron chi connectivity index (χ0n) is 11.1. The molecule has 1 aromatic heterocycles. The van der Waals surface area contributed by atoms with Gasteiger partial charge in [-0.05, 0) is 51.2 Å². The maximum absolute atomic E-state index is 8.86. The molecular formula is C14H20N4. The summed E-state index contributed by atoms with van der Waals surface area (Å²) in [4.78, 5) is 8.77. The molecule has 2 heterocycles. The van der Waals surface area contributed by atoms with Crippen molar-refractivity contribution in [1.29, 1.82) is 5.26 Å². The first kappa shape index (κ1) is 13.0. The van der Waals surface area contributed by atoms with Gasteiger partial charge in [-0.3, -0.25) is 4.90 Å². The summed E-state index contributed by atoms with van der Waals surface area (Å²) >= 11 is 0. The third-order valence-corrected chi connectivity index (χ3v) is 3.40. The van der Waals surface area contributed by atoms with Crippen LogP contribution >= 0.6 is 0 Å². The SMILES string of the molecule is CN(C)CC1CCCN1Cc1ccnc(C#N)c1. The largest absolute Gasteiger partial charge is 0.308 e. The summed E-state index contributed by atoms with van der Waals surface area (Å²) in [5, 5.41) is 8.86. The van der Waals surface area contributed by atoms with Crippen LogP contribution in [0, 0.1) is 11.3 Å². The molecule has 4 heteroatoms. The molecule has 2 rings (SSSR count). The number of hydrogen-bond acceptors (Lipinski definition) is 4. The number of likely N-dealkylation sites (tertiary alicyclic amines) is 1. The van der Waals surface area contributed by atoms with E-state index in [0.29, 0.717) is 11.7 Å². The predicted molar refractivity (Wildman–Crippen MR) is 70.9 cm³/mol. The van der Waals surface area contributed by atoms with E-state index in [2.05, 4.69) is 34.9 Å². The maximum atomic E-state index is 8.86. The maximum Gasteiger partial charge on any atom is 0.140 e. The first-order valence-electron chi connectivity index (χ1n) is 6.43. The van der Waals surface area contributed by atoms with Crippen molar-refractivity contribution in [1.82, 2.24) is 14.8 Å². The van der Waals surface area contributed by atoms with Gasteiger partial charge in [0.2, 0.25) is 0 Å². The number of nitriles is 1. The van der Waals surface area contributed by atoms with Crippen LogP contribution in [-0.4, -0.2) is 48.0 Å². The Labute approximate surface area is 109 Å². The fraction of sp³-hybridized carbons (Fsp3) is 0.571. The second-order valence-electron chi connectivity index (χ2n) is 5.19. The number of rotatable bonds is 4. The van der Waals surface area contributed by atoms with E-state index in [9.17, 15) is 0 Å². The highest BCUT2D eigenvalue weighted by atomic mass is 15.2. The van der Waals surface area contributed by atoms with Gasteiger partial charge < -0.3 is 4.90 Å². The van der Waals surface area contributed by atoms with E-state index >= 15 is 0 Å². The standard InChI is InChI=1S/C14H20N4/c1-17(2)11-14-4-3-7-18(14)10-12-5-6-16-13(8-12)9-15/h5-6,8,14H,3-4,7,10-11H2,1-2H3. The molecule has 0 bridgehead atoms. The smallest absolute Gasteiger partial charge is 0.140 e. The summed E-state index contributed by atoms with van der Waals surface area (Å²) < 4.78 is 0. The van der Waals surface area contributed by atoms with Crippen LogP contribution in [0.15, 0.2) is 18.3 Å². The summed E-state index contributed by atoms with van der Waals surface area (Å²) in [7, 11) is 4.24. The molecule has 96 valence electrons. The average Bonchev–Trinajstić information content (AvgIpc) is 2.76. The molecule has 0 aliphatic carbocycles. The second-order valence-corrected chi connectivity index (χ2v) is 5.19. The van der Waals surface area contributed by atoms with Crippen molar-refractivity contribution in [3.05, 3.63) is 29.6 Å². The first-order chi connectivity index (χ1) is 8.69. The molecule has 4 nitrogen and oxygen atoms in total. The summed E-state index contributed by atoms with van der Waals surface area (Å²) in [6.07, 6.45) is 4.27. The van der Waals surface area contributed by atoms with Crippen LogP contribution in [0.4, 0.5) is 0 Å². The molecule has 1 saturated heterocycles. The third kappa shape index (κ3) is 3.28. The lowest BCUT2D eigenvalue weighted by Crippen LogP contribution is -2.37. The van der Waals surface area contributed by atoms with E-state index in [1.807, 2.05) is 12.1 Å². The Kier molecular flexibility index (Phi) is 4.29. The van der Waals surface area contributed by atoms with Crippen LogP contribution < -0.4 is 0 Å². The highest BCUT2D eigenvalue weighted by Crippen LogP contribution is 2.20. The molecule has 1 aliphatic rings. The molecular weight excluding hydrogens is 224 g/mol. The highest BCUT2D eigenvalue weighted by molar-refractivity contribution is 5.25. The van der Waals surface area contributed by atoms with Crippen LogP contribution in [0.5, 0.6) is 0 Å². The highest BCUT2D eigenvalue weighted by Gasteiger charge is 2.24. The van der Waals surface area contributed by atoms with Gasteiger partial charge in [0.05, 0.1) is 0 Å². The molecule has 0 aromatic carbocycles. The Morgan fingerprint density at radius 3 is 3.11 bits per heavy atom. The van der Waals surface area contributed by atoms with Gasteiger partial charge in [-0.1, -0.05) is 0 Å². The summed E-state index contributed by atoms with van der Waals surface area (Å²) in [6, 6.07) is 6.64. The van der Waals surface area contributed by atoms with Crippen LogP contribution in [0.3, 0.4) is 0 Å². The molecule has 1 atom stereocenters. The molecule has 0 saturated carbocycles. The lowest BCUT2D eigenvalue weighted by atomic mass is 10.2. The Morgan fingerprint density at radius 2 is 2.39 bits per heavy atom. The zero-order chi connectivity index (χ0) is 13.0. The van der Waals surface area contributed by atoms with E-state index in [4.69, 9.17) is 5.26 Å². The van der Waals surface area contributed by atoms with Gasteiger partial charge in [0.1, 0.15) is 11.8 Å². The van der Waals surface area contributed by atoms with Gasteiger partial charge in [0.25, 0.3) is 0 Å². The van der Waals surface area contributed by atoms with E-state index in [1.54, 1.807) is 6.20 Å². The average molecular weight is 244 g/mol. The minimum absolute atomic E-state index is 0.510. The quantitative estimate of drug-likeness (QED) is 0.804. The summed E-state index contributed by atoms with van der Waals surface area (Å²) in [6.45, 7) is 3.19. The van der Waals surface area contributed by atoms with Crippen LogP contribution in [-0.2, 0) is 6.54 Å². The van der Waals surface area contributed by atoms with Crippen molar-refractivity contribution >= 4 is 0 Å². The third-order valence-electron chi connectivity index (χ3n) is 3.40. The van der Waals surface area contributed by atoms with Gasteiger partial charge in [-0.25, -0.2) is 4.98 Å². The summed E-state index contributed by atoms with van der Waals surface area (Å²) in [5.41, 5.74) is 1.70. The molecule has 0 radical (unpaired) electrons.